The molecule has 2 aromatic carbocycles. The molecule has 0 unspecified atom stereocenters. The lowest BCUT2D eigenvalue weighted by molar-refractivity contribution is 0.122. The van der Waals surface area contributed by atoms with E-state index in [2.05, 4.69) is 114 Å². The first-order valence-corrected chi connectivity index (χ1v) is 21.0. The lowest BCUT2D eigenvalue weighted by Crippen LogP contribution is -2.44. The molecule has 2 saturated heterocycles. The number of thiophene rings is 2. The smallest absolute Gasteiger partial charge is 0.186 e. The van der Waals surface area contributed by atoms with Gasteiger partial charge in [0, 0.05) is 72.5 Å². The average molecular weight is 830 g/mol. The molecule has 8 heterocycles. The predicted molar refractivity (Wildman–Crippen MR) is 235 cm³/mol. The molecule has 0 amide bonds. The van der Waals surface area contributed by atoms with Gasteiger partial charge in [-0.15, -0.1) is 0 Å². The Morgan fingerprint density at radius 2 is 1.12 bits per heavy atom. The number of piperazine rings is 1. The number of H-pyrrole nitrogens is 2. The summed E-state index contributed by atoms with van der Waals surface area (Å²) < 4.78 is 16.7. The van der Waals surface area contributed by atoms with E-state index in [1.807, 2.05) is 29.0 Å². The minimum Gasteiger partial charge on any atom is -0.495 e. The Morgan fingerprint density at radius 1 is 0.627 bits per heavy atom. The number of fused-ring (bicyclic) bond motifs is 2. The van der Waals surface area contributed by atoms with Gasteiger partial charge in [-0.05, 0) is 66.3 Å². The van der Waals surface area contributed by atoms with Gasteiger partial charge < -0.3 is 39.5 Å². The van der Waals surface area contributed by atoms with E-state index in [9.17, 15) is 0 Å². The third kappa shape index (κ3) is 8.07. The molecule has 0 spiro atoms. The molecule has 0 radical (unpaired) electrons. The highest BCUT2D eigenvalue weighted by atomic mass is 32.1. The summed E-state index contributed by atoms with van der Waals surface area (Å²) in [5, 5.41) is 31.8. The molecule has 2 fully saturated rings. The highest BCUT2D eigenvalue weighted by Crippen LogP contribution is 2.38. The maximum atomic E-state index is 5.62. The summed E-state index contributed by atoms with van der Waals surface area (Å²) in [7, 11) is 5.51. The fourth-order valence-electron chi connectivity index (χ4n) is 7.25. The highest BCUT2D eigenvalue weighted by Gasteiger charge is 2.21. The molecule has 4 N–H and O–H groups in total. The monoisotopic (exact) mass is 829 g/mol. The number of nitrogens with zero attached hydrogens (tertiary/aromatic N) is 9. The van der Waals surface area contributed by atoms with Crippen LogP contribution in [0.15, 0.2) is 82.7 Å². The number of hydrogen-bond donors (Lipinski definition) is 4. The van der Waals surface area contributed by atoms with Crippen LogP contribution >= 0.6 is 22.7 Å². The van der Waals surface area contributed by atoms with Crippen LogP contribution in [0.1, 0.15) is 0 Å². The number of aromatic amines is 2. The van der Waals surface area contributed by atoms with Gasteiger partial charge in [-0.1, -0.05) is 0 Å². The molecular weight excluding hydrogens is 787 g/mol. The lowest BCUT2D eigenvalue weighted by Gasteiger charge is -2.34. The van der Waals surface area contributed by atoms with Crippen molar-refractivity contribution >= 4 is 79.1 Å². The van der Waals surface area contributed by atoms with Crippen LogP contribution in [0, 0.1) is 0 Å². The minimum absolute atomic E-state index is 0.618. The van der Waals surface area contributed by atoms with Gasteiger partial charge in [-0.25, -0.2) is 19.9 Å². The molecule has 10 rings (SSSR count). The first-order valence-electron chi connectivity index (χ1n) is 19.2. The van der Waals surface area contributed by atoms with Crippen molar-refractivity contribution in [3.8, 4) is 34.0 Å². The van der Waals surface area contributed by atoms with Crippen LogP contribution in [0.2, 0.25) is 0 Å². The topological polar surface area (TPSA) is 170 Å². The average Bonchev–Trinajstić information content (AvgIpc) is 4.13. The van der Waals surface area contributed by atoms with Crippen LogP contribution in [0.25, 0.3) is 44.6 Å². The van der Waals surface area contributed by atoms with Gasteiger partial charge in [0.25, 0.3) is 0 Å². The maximum absolute atomic E-state index is 5.62. The SMILES string of the molecule is COc1ccc(N2CCN(C)CC2)cc1Nc1ncnc2n[nH]c(-c3ccsc3)c12.COc1ccc(N2CCOCC2)cc1Nc1ncnc2n[nH]c(-c3ccsc3)c12. The Labute approximate surface area is 348 Å². The zero-order valence-electron chi connectivity index (χ0n) is 32.8. The first-order chi connectivity index (χ1) is 29.1. The van der Waals surface area contributed by atoms with Gasteiger partial charge in [-0.3, -0.25) is 10.2 Å². The molecular formula is C41H43N13O3S2. The van der Waals surface area contributed by atoms with Crippen molar-refractivity contribution in [1.29, 1.82) is 0 Å². The van der Waals surface area contributed by atoms with Crippen LogP contribution in [-0.2, 0) is 4.74 Å². The molecule has 0 saturated carbocycles. The molecule has 2 aliphatic rings. The largest absolute Gasteiger partial charge is 0.495 e. The second-order valence-electron chi connectivity index (χ2n) is 14.0. The molecule has 6 aromatic heterocycles. The fraction of sp³-hybridized carbons (Fsp3) is 0.268. The predicted octanol–water partition coefficient (Wildman–Crippen LogP) is 7.26. The number of anilines is 6. The summed E-state index contributed by atoms with van der Waals surface area (Å²) >= 11 is 3.28. The van der Waals surface area contributed by atoms with E-state index in [0.717, 1.165) is 114 Å². The number of likely N-dealkylation sites (N-methyl/N-ethyl adjacent to an activating group) is 1. The van der Waals surface area contributed by atoms with Gasteiger partial charge in [0.15, 0.2) is 11.3 Å². The zero-order chi connectivity index (χ0) is 40.1. The van der Waals surface area contributed by atoms with Crippen molar-refractivity contribution in [3.05, 3.63) is 82.7 Å². The summed E-state index contributed by atoms with van der Waals surface area (Å²) in [6.07, 6.45) is 3.04. The van der Waals surface area contributed by atoms with Crippen molar-refractivity contribution < 1.29 is 14.2 Å². The minimum atomic E-state index is 0.618. The van der Waals surface area contributed by atoms with Crippen molar-refractivity contribution in [1.82, 2.24) is 45.2 Å². The normalized spacial score (nSPS) is 14.6. The van der Waals surface area contributed by atoms with Gasteiger partial charge in [-0.2, -0.15) is 32.9 Å². The number of ether oxygens (including phenoxy) is 3. The van der Waals surface area contributed by atoms with E-state index >= 15 is 0 Å². The Kier molecular flexibility index (Phi) is 11.2. The van der Waals surface area contributed by atoms with Gasteiger partial charge in [0.05, 0.1) is 61.0 Å². The second kappa shape index (κ2) is 17.3. The molecule has 0 aliphatic carbocycles. The van der Waals surface area contributed by atoms with Gasteiger partial charge in [0.2, 0.25) is 0 Å². The van der Waals surface area contributed by atoms with E-state index < -0.39 is 0 Å². The maximum Gasteiger partial charge on any atom is 0.186 e. The van der Waals surface area contributed by atoms with E-state index in [0.29, 0.717) is 22.9 Å². The highest BCUT2D eigenvalue weighted by molar-refractivity contribution is 7.08. The molecule has 0 bridgehead atoms. The molecule has 8 aromatic rings. The van der Waals surface area contributed by atoms with Crippen LogP contribution in [0.4, 0.5) is 34.4 Å². The van der Waals surface area contributed by atoms with Gasteiger partial charge in [0.1, 0.15) is 35.8 Å². The number of methoxy groups -OCH3 is 2. The molecule has 302 valence electrons. The fourth-order valence-corrected chi connectivity index (χ4v) is 8.55. The van der Waals surface area contributed by atoms with E-state index in [4.69, 9.17) is 14.2 Å². The molecule has 16 nitrogen and oxygen atoms in total. The summed E-state index contributed by atoms with van der Waals surface area (Å²) in [6.45, 7) is 7.33. The molecule has 18 heteroatoms. The summed E-state index contributed by atoms with van der Waals surface area (Å²) in [4.78, 5) is 24.7. The standard InChI is InChI=1S/C21H23N7OS.C20H20N6O2S/c1-27-6-8-28(9-7-27)15-3-4-17(29-2)16(11-15)24-20-18-19(14-5-10-30-12-14)25-26-21(18)23-13-22-20;1-27-16-3-2-14(26-5-7-28-8-6-26)10-15(16)23-19-17-18(13-4-9-29-11-13)24-25-20(17)22-12-21-19/h3-5,10-13H,6-9H2,1-2H3,(H2,22,23,24,25,26);2-4,9-12H,5-8H2,1H3,(H2,21,22,23,24,25). The Hall–Kier alpha value is -6.34. The Bertz CT molecular complexity index is 2630. The second-order valence-corrected chi connectivity index (χ2v) is 15.5. The van der Waals surface area contributed by atoms with Crippen LogP contribution in [0.5, 0.6) is 11.5 Å². The first kappa shape index (κ1) is 38.2. The number of hydrogen-bond acceptors (Lipinski definition) is 16. The molecule has 59 heavy (non-hydrogen) atoms. The third-order valence-corrected chi connectivity index (χ3v) is 11.8. The van der Waals surface area contributed by atoms with Crippen molar-refractivity contribution in [2.75, 3.05) is 94.2 Å². The van der Waals surface area contributed by atoms with Crippen molar-refractivity contribution in [3.63, 3.8) is 0 Å². The number of morpholine rings is 1. The lowest BCUT2D eigenvalue weighted by atomic mass is 10.1. The van der Waals surface area contributed by atoms with Gasteiger partial charge >= 0.3 is 0 Å². The van der Waals surface area contributed by atoms with Crippen LogP contribution in [0.3, 0.4) is 0 Å². The Morgan fingerprint density at radius 3 is 1.58 bits per heavy atom. The number of benzene rings is 2. The third-order valence-electron chi connectivity index (χ3n) is 10.4. The summed E-state index contributed by atoms with van der Waals surface area (Å²) in [6, 6.07) is 16.5. The van der Waals surface area contributed by atoms with Crippen LogP contribution in [-0.4, -0.2) is 119 Å². The van der Waals surface area contributed by atoms with E-state index in [1.165, 1.54) is 18.3 Å². The van der Waals surface area contributed by atoms with Crippen LogP contribution < -0.4 is 29.9 Å². The van der Waals surface area contributed by atoms with E-state index in [-0.39, 0.29) is 0 Å². The quantitative estimate of drug-likeness (QED) is 0.109. The van der Waals surface area contributed by atoms with Crippen molar-refractivity contribution in [2.45, 2.75) is 0 Å². The number of aromatic nitrogens is 8. The summed E-state index contributed by atoms with van der Waals surface area (Å²) in [5.41, 5.74) is 9.17. The Balaban J connectivity index is 0.000000152. The number of nitrogens with one attached hydrogen (secondary N) is 4. The van der Waals surface area contributed by atoms with E-state index in [1.54, 1.807) is 36.9 Å². The summed E-state index contributed by atoms with van der Waals surface area (Å²) in [5.74, 6) is 2.89. The molecule has 2 aliphatic heterocycles. The molecule has 0 atom stereocenters. The number of rotatable bonds is 10. The van der Waals surface area contributed by atoms with Crippen molar-refractivity contribution in [2.24, 2.45) is 0 Å². The zero-order valence-corrected chi connectivity index (χ0v) is 34.4.